The van der Waals surface area contributed by atoms with Gasteiger partial charge in [0.15, 0.2) is 17.3 Å². The fraction of sp³-hybridized carbons (Fsp3) is 0.389. The summed E-state index contributed by atoms with van der Waals surface area (Å²) < 4.78 is 58.6. The molecule has 1 aliphatic carbocycles. The molecule has 3 aliphatic rings. The van der Waals surface area contributed by atoms with Crippen LogP contribution < -0.4 is 25.2 Å². The molecule has 14 nitrogen and oxygen atoms in total. The van der Waals surface area contributed by atoms with Gasteiger partial charge in [-0.3, -0.25) is 24.1 Å². The summed E-state index contributed by atoms with van der Waals surface area (Å²) in [5.74, 6) is -0.00432. The number of carbonyl (C=O) groups excluding carboxylic acids is 4. The number of benzene rings is 4. The molecule has 72 heavy (non-hydrogen) atoms. The number of hydrogen-bond acceptors (Lipinski definition) is 10. The molecule has 376 valence electrons. The van der Waals surface area contributed by atoms with Crippen molar-refractivity contribution in [1.29, 1.82) is 5.26 Å². The number of unbranched alkanes of at least 4 members (excludes halogenated alkanes) is 1. The van der Waals surface area contributed by atoms with Crippen molar-refractivity contribution in [2.75, 3.05) is 36.2 Å². The third-order valence-electron chi connectivity index (χ3n) is 13.5. The zero-order valence-electron chi connectivity index (χ0n) is 40.5. The van der Waals surface area contributed by atoms with Gasteiger partial charge in [-0.2, -0.15) is 18.4 Å². The SMILES string of the molecule is Cc1ncoc1-c1ccc(CNC(=O)[C@@H]2CCCN2C(=O)[C@@H](NC(=O)COCCCCOc2ccc(-c3ccc(N4C(=S)N(c5ccc(C#N)c(C(F)(F)F)c5)C(=O)C45CCC5)cc3)cc2)C(C)(C)C)cc1. The van der Waals surface area contributed by atoms with Crippen molar-refractivity contribution in [3.63, 3.8) is 0 Å². The molecule has 3 heterocycles. The van der Waals surface area contributed by atoms with Crippen molar-refractivity contribution >= 4 is 52.3 Å². The summed E-state index contributed by atoms with van der Waals surface area (Å²) in [4.78, 5) is 63.0. The van der Waals surface area contributed by atoms with Crippen molar-refractivity contribution in [2.45, 2.75) is 103 Å². The van der Waals surface area contributed by atoms with Crippen molar-refractivity contribution in [1.82, 2.24) is 20.5 Å². The van der Waals surface area contributed by atoms with Crippen molar-refractivity contribution in [2.24, 2.45) is 5.41 Å². The van der Waals surface area contributed by atoms with E-state index < -0.39 is 52.2 Å². The van der Waals surface area contributed by atoms with Crippen LogP contribution in [-0.4, -0.2) is 82.6 Å². The highest BCUT2D eigenvalue weighted by atomic mass is 32.1. The molecule has 8 rings (SSSR count). The predicted octanol–water partition coefficient (Wildman–Crippen LogP) is 9.28. The number of thiocarbonyl (C=S) groups is 1. The van der Waals surface area contributed by atoms with Gasteiger partial charge < -0.3 is 34.3 Å². The van der Waals surface area contributed by atoms with Crippen molar-refractivity contribution < 1.29 is 46.2 Å². The first-order valence-corrected chi connectivity index (χ1v) is 24.4. The van der Waals surface area contributed by atoms with Gasteiger partial charge in [-0.25, -0.2) is 4.98 Å². The number of nitriles is 1. The number of hydrogen-bond donors (Lipinski definition) is 2. The maximum atomic E-state index is 14.0. The minimum Gasteiger partial charge on any atom is -0.494 e. The predicted molar refractivity (Wildman–Crippen MR) is 267 cm³/mol. The van der Waals surface area contributed by atoms with E-state index in [1.54, 1.807) is 15.9 Å². The Labute approximate surface area is 421 Å². The molecule has 1 saturated carbocycles. The Balaban J connectivity index is 0.766. The van der Waals surface area contributed by atoms with Crippen LogP contribution in [0.4, 0.5) is 24.5 Å². The average molecular weight is 1000 g/mol. The molecule has 3 fully saturated rings. The summed E-state index contributed by atoms with van der Waals surface area (Å²) in [6.45, 7) is 8.69. The first kappa shape index (κ1) is 51.3. The van der Waals surface area contributed by atoms with Gasteiger partial charge in [0.25, 0.3) is 5.91 Å². The normalized spacial score (nSPS) is 16.9. The quantitative estimate of drug-likeness (QED) is 0.0673. The number of amides is 4. The number of likely N-dealkylation sites (tertiary alicyclic amines) is 1. The Bertz CT molecular complexity index is 2850. The lowest BCUT2D eigenvalue weighted by Crippen LogP contribution is -2.58. The lowest BCUT2D eigenvalue weighted by atomic mass is 9.75. The topological polar surface area (TPSA) is 170 Å². The first-order chi connectivity index (χ1) is 34.4. The van der Waals surface area contributed by atoms with Gasteiger partial charge >= 0.3 is 6.18 Å². The second kappa shape index (κ2) is 21.3. The summed E-state index contributed by atoms with van der Waals surface area (Å²) >= 11 is 5.77. The number of rotatable bonds is 17. The van der Waals surface area contributed by atoms with Crippen LogP contribution in [0.2, 0.25) is 0 Å². The van der Waals surface area contributed by atoms with Crippen LogP contribution in [0.15, 0.2) is 102 Å². The molecule has 2 N–H and O–H groups in total. The highest BCUT2D eigenvalue weighted by Gasteiger charge is 2.59. The minimum atomic E-state index is -4.79. The molecular weight excluding hydrogens is 948 g/mol. The third-order valence-corrected chi connectivity index (χ3v) is 13.8. The number of nitrogens with zero attached hydrogens (tertiary/aromatic N) is 5. The maximum Gasteiger partial charge on any atom is 0.417 e. The molecule has 0 unspecified atom stereocenters. The highest BCUT2D eigenvalue weighted by Crippen LogP contribution is 2.48. The van der Waals surface area contributed by atoms with Gasteiger partial charge in [0.05, 0.1) is 35.2 Å². The zero-order valence-corrected chi connectivity index (χ0v) is 41.3. The number of ether oxygens (including phenoxy) is 2. The second-order valence-corrected chi connectivity index (χ2v) is 19.8. The van der Waals surface area contributed by atoms with E-state index in [-0.39, 0.29) is 29.2 Å². The molecule has 2 aliphatic heterocycles. The molecule has 18 heteroatoms. The molecular formula is C54H56F3N7O7S. The van der Waals surface area contributed by atoms with Gasteiger partial charge in [0.1, 0.15) is 30.0 Å². The number of aryl methyl sites for hydroxylation is 1. The molecule has 4 amide bonds. The van der Waals surface area contributed by atoms with Crippen LogP contribution in [0.3, 0.4) is 0 Å². The molecule has 1 spiro atoms. The van der Waals surface area contributed by atoms with Crippen molar-refractivity contribution in [3.05, 3.63) is 120 Å². The molecule has 4 aromatic carbocycles. The van der Waals surface area contributed by atoms with E-state index in [0.717, 1.165) is 51.4 Å². The summed E-state index contributed by atoms with van der Waals surface area (Å²) in [5, 5.41) is 15.2. The van der Waals surface area contributed by atoms with Crippen LogP contribution in [0.5, 0.6) is 5.75 Å². The van der Waals surface area contributed by atoms with E-state index in [0.29, 0.717) is 82.0 Å². The van der Waals surface area contributed by atoms with Crippen molar-refractivity contribution in [3.8, 4) is 34.3 Å². The smallest absolute Gasteiger partial charge is 0.417 e. The Morgan fingerprint density at radius 1 is 0.917 bits per heavy atom. The van der Waals surface area contributed by atoms with E-state index in [2.05, 4.69) is 15.6 Å². The summed E-state index contributed by atoms with van der Waals surface area (Å²) in [6.07, 6.45) is 0.855. The van der Waals surface area contributed by atoms with Gasteiger partial charge in [-0.05, 0) is 129 Å². The minimum absolute atomic E-state index is 0.0364. The fourth-order valence-electron chi connectivity index (χ4n) is 9.40. The zero-order chi connectivity index (χ0) is 51.4. The monoisotopic (exact) mass is 1000 g/mol. The van der Waals surface area contributed by atoms with Crippen LogP contribution >= 0.6 is 12.2 Å². The molecule has 5 aromatic rings. The molecule has 2 saturated heterocycles. The van der Waals surface area contributed by atoms with E-state index in [1.165, 1.54) is 12.5 Å². The number of halogens is 3. The van der Waals surface area contributed by atoms with E-state index >= 15 is 0 Å². The number of anilines is 2. The van der Waals surface area contributed by atoms with Gasteiger partial charge in [0.2, 0.25) is 17.7 Å². The number of carbonyl (C=O) groups is 4. The third kappa shape index (κ3) is 10.9. The molecule has 0 bridgehead atoms. The van der Waals surface area contributed by atoms with Crippen LogP contribution in [0.1, 0.15) is 88.1 Å². The standard InChI is InChI=1S/C54H56F3N7O7S/c1-34-46(71-33-60-34)38-12-10-35(11-13-38)31-59-48(66)44-9-7-26-62(44)49(67)47(52(2,3)4)61-45(65)32-69-27-5-6-28-70-42-22-17-37(18-23-42)36-14-19-40(20-15-36)64-51(72)63(50(68)53(64)24-8-25-53)41-21-16-39(30-58)43(29-41)54(55,56)57/h10-23,29,33,44,47H,5-9,24-28,31-32H2,1-4H3,(H,59,66)(H,61,65)/t44-,47+/m0/s1. The largest absolute Gasteiger partial charge is 0.494 e. The lowest BCUT2D eigenvalue weighted by molar-refractivity contribution is -0.144. The number of nitrogens with one attached hydrogen (secondary N) is 2. The van der Waals surface area contributed by atoms with Crippen LogP contribution in [0.25, 0.3) is 22.5 Å². The number of alkyl halides is 3. The summed E-state index contributed by atoms with van der Waals surface area (Å²) in [6, 6.07) is 25.9. The second-order valence-electron chi connectivity index (χ2n) is 19.4. The lowest BCUT2D eigenvalue weighted by Gasteiger charge is -2.43. The van der Waals surface area contributed by atoms with Gasteiger partial charge in [-0.15, -0.1) is 0 Å². The van der Waals surface area contributed by atoms with E-state index in [4.69, 9.17) is 26.1 Å². The Morgan fingerprint density at radius 3 is 2.18 bits per heavy atom. The molecule has 0 radical (unpaired) electrons. The maximum absolute atomic E-state index is 14.0. The number of oxazole rings is 1. The Kier molecular flexibility index (Phi) is 15.2. The highest BCUT2D eigenvalue weighted by molar-refractivity contribution is 7.81. The van der Waals surface area contributed by atoms with Crippen LogP contribution in [0, 0.1) is 23.7 Å². The van der Waals surface area contributed by atoms with Crippen LogP contribution in [-0.2, 0) is 36.6 Å². The molecule has 2 atom stereocenters. The average Bonchev–Trinajstić information content (AvgIpc) is 4.08. The first-order valence-electron chi connectivity index (χ1n) is 24.0. The van der Waals surface area contributed by atoms with Gasteiger partial charge in [-0.1, -0.05) is 69.3 Å². The fourth-order valence-corrected chi connectivity index (χ4v) is 9.87. The summed E-state index contributed by atoms with van der Waals surface area (Å²) in [7, 11) is 0. The van der Waals surface area contributed by atoms with Gasteiger partial charge in [0, 0.05) is 30.9 Å². The molecule has 1 aromatic heterocycles. The van der Waals surface area contributed by atoms with E-state index in [9.17, 15) is 37.6 Å². The Morgan fingerprint density at radius 2 is 1.57 bits per heavy atom. The summed E-state index contributed by atoms with van der Waals surface area (Å²) in [5.41, 5.74) is 1.68. The number of aromatic nitrogens is 1. The Hall–Kier alpha value is -7.10. The van der Waals surface area contributed by atoms with E-state index in [1.807, 2.05) is 100 Å².